The lowest BCUT2D eigenvalue weighted by Gasteiger charge is -2.27. The van der Waals surface area contributed by atoms with Crippen LogP contribution in [0.5, 0.6) is 0 Å². The van der Waals surface area contributed by atoms with Crippen LogP contribution in [0, 0.1) is 0 Å². The second-order valence-corrected chi connectivity index (χ2v) is 7.42. The third-order valence-corrected chi connectivity index (χ3v) is 5.96. The van der Waals surface area contributed by atoms with Crippen LogP contribution in [0.1, 0.15) is 36.8 Å². The fourth-order valence-electron chi connectivity index (χ4n) is 3.02. The summed E-state index contributed by atoms with van der Waals surface area (Å²) in [5.74, 6) is -0.0448. The normalized spacial score (nSPS) is 16.7. The first kappa shape index (κ1) is 16.4. The Balaban J connectivity index is 2.21. The van der Waals surface area contributed by atoms with E-state index in [1.165, 1.54) is 4.31 Å². The van der Waals surface area contributed by atoms with Crippen molar-refractivity contribution < 1.29 is 13.5 Å². The molecule has 1 aliphatic rings. The molecule has 0 amide bonds. The van der Waals surface area contributed by atoms with Crippen molar-refractivity contribution in [2.45, 2.75) is 44.0 Å². The molecule has 5 nitrogen and oxygen atoms in total. The Morgan fingerprint density at radius 3 is 2.38 bits per heavy atom. The van der Waals surface area contributed by atoms with E-state index in [1.807, 2.05) is 24.3 Å². The summed E-state index contributed by atoms with van der Waals surface area (Å²) in [5.41, 5.74) is 7.29. The van der Waals surface area contributed by atoms with Crippen LogP contribution in [0.4, 0.5) is 0 Å². The van der Waals surface area contributed by atoms with E-state index in [0.717, 1.165) is 36.8 Å². The highest BCUT2D eigenvalue weighted by molar-refractivity contribution is 7.88. The van der Waals surface area contributed by atoms with E-state index >= 15 is 0 Å². The molecule has 0 bridgehead atoms. The van der Waals surface area contributed by atoms with Crippen LogP contribution in [0.15, 0.2) is 24.3 Å². The topological polar surface area (TPSA) is 83.6 Å². The van der Waals surface area contributed by atoms with Crippen LogP contribution in [0.25, 0.3) is 0 Å². The summed E-state index contributed by atoms with van der Waals surface area (Å²) in [6.07, 6.45) is 3.89. The molecular weight excluding hydrogens is 288 g/mol. The van der Waals surface area contributed by atoms with E-state index in [9.17, 15) is 13.5 Å². The Morgan fingerprint density at radius 2 is 1.81 bits per heavy atom. The van der Waals surface area contributed by atoms with E-state index in [1.54, 1.807) is 0 Å². The van der Waals surface area contributed by atoms with Crippen molar-refractivity contribution in [1.82, 2.24) is 4.31 Å². The molecule has 0 aliphatic heterocycles. The van der Waals surface area contributed by atoms with Crippen molar-refractivity contribution in [2.75, 3.05) is 13.2 Å². The maximum absolute atomic E-state index is 12.7. The molecule has 1 fully saturated rings. The molecule has 3 N–H and O–H groups in total. The Kier molecular flexibility index (Phi) is 5.75. The molecule has 0 aromatic heterocycles. The number of benzene rings is 1. The number of sulfonamides is 1. The number of aliphatic hydroxyl groups excluding tert-OH is 1. The van der Waals surface area contributed by atoms with E-state index in [2.05, 4.69) is 0 Å². The van der Waals surface area contributed by atoms with E-state index < -0.39 is 10.0 Å². The highest BCUT2D eigenvalue weighted by atomic mass is 32.2. The number of rotatable bonds is 7. The third kappa shape index (κ3) is 4.03. The van der Waals surface area contributed by atoms with Gasteiger partial charge in [0.1, 0.15) is 0 Å². The summed E-state index contributed by atoms with van der Waals surface area (Å²) in [6, 6.07) is 7.39. The summed E-state index contributed by atoms with van der Waals surface area (Å²) in [4.78, 5) is 0. The monoisotopic (exact) mass is 312 g/mol. The number of nitrogens with two attached hydrogens (primary N) is 1. The Hall–Kier alpha value is -0.950. The lowest BCUT2D eigenvalue weighted by atomic mass is 10.1. The summed E-state index contributed by atoms with van der Waals surface area (Å²) >= 11 is 0. The maximum atomic E-state index is 12.7. The SMILES string of the molecule is NCc1ccccc1CS(=O)(=O)N(CCO)C1CCCC1. The summed E-state index contributed by atoms with van der Waals surface area (Å²) in [7, 11) is -3.44. The van der Waals surface area contributed by atoms with Crippen molar-refractivity contribution in [1.29, 1.82) is 0 Å². The van der Waals surface area contributed by atoms with Crippen molar-refractivity contribution in [3.05, 3.63) is 35.4 Å². The third-order valence-electron chi connectivity index (χ3n) is 4.09. The highest BCUT2D eigenvalue weighted by Crippen LogP contribution is 2.27. The lowest BCUT2D eigenvalue weighted by molar-refractivity contribution is 0.226. The van der Waals surface area contributed by atoms with Gasteiger partial charge in [-0.25, -0.2) is 8.42 Å². The molecule has 0 spiro atoms. The van der Waals surface area contributed by atoms with E-state index in [0.29, 0.717) is 6.54 Å². The molecule has 1 aromatic carbocycles. The predicted octanol–water partition coefficient (Wildman–Crippen LogP) is 1.21. The number of nitrogens with zero attached hydrogens (tertiary/aromatic N) is 1. The van der Waals surface area contributed by atoms with Gasteiger partial charge in [0.15, 0.2) is 0 Å². The molecule has 118 valence electrons. The second-order valence-electron chi connectivity index (χ2n) is 5.50. The van der Waals surface area contributed by atoms with Gasteiger partial charge in [-0.1, -0.05) is 37.1 Å². The lowest BCUT2D eigenvalue weighted by Crippen LogP contribution is -2.41. The Bertz CT molecular complexity index is 554. The van der Waals surface area contributed by atoms with Crippen LogP contribution in [-0.4, -0.2) is 37.0 Å². The molecule has 6 heteroatoms. The van der Waals surface area contributed by atoms with E-state index in [-0.39, 0.29) is 24.9 Å². The van der Waals surface area contributed by atoms with Gasteiger partial charge in [0.2, 0.25) is 10.0 Å². The number of hydrogen-bond acceptors (Lipinski definition) is 4. The van der Waals surface area contributed by atoms with Crippen molar-refractivity contribution in [3.8, 4) is 0 Å². The first-order valence-electron chi connectivity index (χ1n) is 7.45. The minimum Gasteiger partial charge on any atom is -0.395 e. The Morgan fingerprint density at radius 1 is 1.19 bits per heavy atom. The minimum absolute atomic E-state index is 0.0344. The molecule has 2 rings (SSSR count). The fraction of sp³-hybridized carbons (Fsp3) is 0.600. The fourth-order valence-corrected chi connectivity index (χ4v) is 4.88. The number of aliphatic hydroxyl groups is 1. The highest BCUT2D eigenvalue weighted by Gasteiger charge is 2.31. The molecule has 0 atom stereocenters. The smallest absolute Gasteiger partial charge is 0.218 e. The van der Waals surface area contributed by atoms with Gasteiger partial charge in [0, 0.05) is 19.1 Å². The molecule has 0 saturated heterocycles. The van der Waals surface area contributed by atoms with E-state index in [4.69, 9.17) is 5.73 Å². The zero-order valence-electron chi connectivity index (χ0n) is 12.2. The van der Waals surface area contributed by atoms with Crippen LogP contribution < -0.4 is 5.73 Å². The molecule has 0 radical (unpaired) electrons. The minimum atomic E-state index is -3.44. The van der Waals surface area contributed by atoms with Crippen molar-refractivity contribution >= 4 is 10.0 Å². The molecule has 0 unspecified atom stereocenters. The Labute approximate surface area is 126 Å². The average molecular weight is 312 g/mol. The van der Waals surface area contributed by atoms with Crippen molar-refractivity contribution in [3.63, 3.8) is 0 Å². The summed E-state index contributed by atoms with van der Waals surface area (Å²) in [6.45, 7) is 0.362. The van der Waals surface area contributed by atoms with Gasteiger partial charge >= 0.3 is 0 Å². The first-order valence-corrected chi connectivity index (χ1v) is 9.06. The standard InChI is InChI=1S/C15H24N2O3S/c16-11-13-5-1-2-6-14(13)12-21(19,20)17(9-10-18)15-7-3-4-8-15/h1-2,5-6,15,18H,3-4,7-12,16H2. The van der Waals surface area contributed by atoms with Gasteiger partial charge in [-0.3, -0.25) is 0 Å². The van der Waals surface area contributed by atoms with Crippen LogP contribution in [-0.2, 0) is 22.3 Å². The molecule has 0 heterocycles. The van der Waals surface area contributed by atoms with Gasteiger partial charge < -0.3 is 10.8 Å². The molecule has 1 aliphatic carbocycles. The molecule has 1 saturated carbocycles. The van der Waals surface area contributed by atoms with Crippen LogP contribution >= 0.6 is 0 Å². The zero-order chi connectivity index (χ0) is 15.3. The van der Waals surface area contributed by atoms with Crippen LogP contribution in [0.2, 0.25) is 0 Å². The van der Waals surface area contributed by atoms with Gasteiger partial charge in [-0.15, -0.1) is 0 Å². The first-order chi connectivity index (χ1) is 10.1. The predicted molar refractivity (Wildman–Crippen MR) is 83.0 cm³/mol. The molecule has 21 heavy (non-hydrogen) atoms. The molecular formula is C15H24N2O3S. The van der Waals surface area contributed by atoms with Crippen molar-refractivity contribution in [2.24, 2.45) is 5.73 Å². The largest absolute Gasteiger partial charge is 0.395 e. The number of hydrogen-bond donors (Lipinski definition) is 2. The van der Waals surface area contributed by atoms with Gasteiger partial charge in [0.25, 0.3) is 0 Å². The summed E-state index contributed by atoms with van der Waals surface area (Å²) < 4.78 is 26.9. The summed E-state index contributed by atoms with van der Waals surface area (Å²) in [5, 5.41) is 9.20. The second kappa shape index (κ2) is 7.35. The van der Waals surface area contributed by atoms with Gasteiger partial charge in [-0.2, -0.15) is 4.31 Å². The zero-order valence-corrected chi connectivity index (χ0v) is 13.1. The maximum Gasteiger partial charge on any atom is 0.218 e. The average Bonchev–Trinajstić information content (AvgIpc) is 2.98. The molecule has 1 aromatic rings. The van der Waals surface area contributed by atoms with Crippen LogP contribution in [0.3, 0.4) is 0 Å². The van der Waals surface area contributed by atoms with Gasteiger partial charge in [-0.05, 0) is 24.0 Å². The van der Waals surface area contributed by atoms with Gasteiger partial charge in [0.05, 0.1) is 12.4 Å². The quantitative estimate of drug-likeness (QED) is 0.793.